The number of pyridine rings is 5. The van der Waals surface area contributed by atoms with Crippen LogP contribution in [0.1, 0.15) is 97.5 Å². The summed E-state index contributed by atoms with van der Waals surface area (Å²) in [6.07, 6.45) is 19.2. The van der Waals surface area contributed by atoms with Crippen molar-refractivity contribution in [3.8, 4) is 23.3 Å². The molecule has 2 bridgehead atoms. The number of carbonyl (C=O) groups excluding carboxylic acids is 2. The number of rotatable bonds is 10. The minimum absolute atomic E-state index is 0.0198. The van der Waals surface area contributed by atoms with Crippen molar-refractivity contribution in [1.82, 2.24) is 29.3 Å². The zero-order valence-electron chi connectivity index (χ0n) is 37.3. The molecule has 21 heteroatoms. The average Bonchev–Trinajstić information content (AvgIpc) is 4.20. The van der Waals surface area contributed by atoms with E-state index in [1.165, 1.54) is 38.9 Å². The summed E-state index contributed by atoms with van der Waals surface area (Å²) in [4.78, 5) is 52.6. The Morgan fingerprint density at radius 3 is 2.01 bits per heavy atom. The number of halogens is 5. The fourth-order valence-corrected chi connectivity index (χ4v) is 8.93. The summed E-state index contributed by atoms with van der Waals surface area (Å²) < 4.78 is 70.6. The molecule has 8 heterocycles. The lowest BCUT2D eigenvalue weighted by atomic mass is 9.62. The van der Waals surface area contributed by atoms with Crippen molar-refractivity contribution in [2.45, 2.75) is 94.4 Å². The van der Waals surface area contributed by atoms with Gasteiger partial charge in [0.2, 0.25) is 34.6 Å². The highest BCUT2D eigenvalue weighted by atomic mass is 35.5. The number of nitrogens with two attached hydrogens (primary N) is 1. The number of methoxy groups -OCH3 is 2. The molecule has 4 N–H and O–H groups in total. The number of imidazole rings is 1. The van der Waals surface area contributed by atoms with Crippen molar-refractivity contribution in [3.05, 3.63) is 128 Å². The van der Waals surface area contributed by atoms with Crippen LogP contribution in [0.15, 0.2) is 78.4 Å². The van der Waals surface area contributed by atoms with Gasteiger partial charge in [-0.2, -0.15) is 13.2 Å². The Hall–Kier alpha value is -6.44. The average molecular weight is 982 g/mol. The van der Waals surface area contributed by atoms with E-state index in [1.54, 1.807) is 41.1 Å². The molecule has 0 unspecified atom stereocenters. The molecule has 360 valence electrons. The van der Waals surface area contributed by atoms with Crippen LogP contribution >= 0.6 is 23.2 Å². The van der Waals surface area contributed by atoms with E-state index in [4.69, 9.17) is 52.6 Å². The van der Waals surface area contributed by atoms with Gasteiger partial charge in [0, 0.05) is 54.7 Å². The summed E-state index contributed by atoms with van der Waals surface area (Å²) in [5, 5.41) is 2.44. The molecule has 0 spiro atoms. The molecule has 6 aromatic heterocycles. The number of hydrogen-bond donors (Lipinski definition) is 3. The Labute approximate surface area is 398 Å². The van der Waals surface area contributed by atoms with Crippen LogP contribution < -0.4 is 35.4 Å². The van der Waals surface area contributed by atoms with E-state index < -0.39 is 34.7 Å². The maximum absolute atomic E-state index is 15.9. The number of nitrogens with one attached hydrogen (secondary N) is 2. The summed E-state index contributed by atoms with van der Waals surface area (Å²) in [5.41, 5.74) is 5.85. The molecule has 68 heavy (non-hydrogen) atoms. The third kappa shape index (κ3) is 11.3. The minimum atomic E-state index is -0.931. The molecule has 3 aliphatic carbocycles. The van der Waals surface area contributed by atoms with E-state index in [-0.39, 0.29) is 73.7 Å². The van der Waals surface area contributed by atoms with E-state index in [2.05, 4.69) is 37.2 Å². The Morgan fingerprint density at radius 1 is 0.838 bits per heavy atom. The van der Waals surface area contributed by atoms with Crippen LogP contribution in [0, 0.1) is 17.5 Å². The van der Waals surface area contributed by atoms with Gasteiger partial charge in [-0.25, -0.2) is 19.9 Å². The number of anilines is 1. The maximum atomic E-state index is 15.9. The number of aromatic nitrogens is 6. The fourth-order valence-electron chi connectivity index (χ4n) is 8.63. The maximum Gasteiger partial charge on any atom is 0.261 e. The topological polar surface area (TPSA) is 207 Å². The SMILES string of the molecule is COc1ncccc1C(=O)Nc1cn2cc(C34COC(C)(C3)C4)nc2c(F)c1OC1CCCC1.COc1ncccc1C(N)=O.Fc1c(OC2CCCC2)ccnc1Cl.O=c1cc[nH]c(Cl)c1F. The number of nitrogens with zero attached hydrogens (tertiary/aromatic N) is 5. The molecular formula is C47H49Cl2F3N8O8. The molecule has 0 aromatic carbocycles. The lowest BCUT2D eigenvalue weighted by molar-refractivity contribution is 0.0154. The van der Waals surface area contributed by atoms with Crippen molar-refractivity contribution >= 4 is 46.4 Å². The Morgan fingerprint density at radius 2 is 1.46 bits per heavy atom. The first-order valence-corrected chi connectivity index (χ1v) is 22.5. The molecule has 6 aromatic rings. The summed E-state index contributed by atoms with van der Waals surface area (Å²) >= 11 is 10.7. The molecule has 2 aliphatic heterocycles. The second kappa shape index (κ2) is 21.7. The number of H-pyrrole nitrogens is 1. The number of primary amides is 1. The van der Waals surface area contributed by atoms with Crippen LogP contribution in [0.4, 0.5) is 18.9 Å². The smallest absolute Gasteiger partial charge is 0.261 e. The Kier molecular flexibility index (Phi) is 15.8. The van der Waals surface area contributed by atoms with Gasteiger partial charge in [-0.3, -0.25) is 14.4 Å². The van der Waals surface area contributed by atoms with E-state index in [1.807, 2.05) is 6.20 Å². The van der Waals surface area contributed by atoms with E-state index >= 15 is 4.39 Å². The van der Waals surface area contributed by atoms with Crippen LogP contribution in [-0.2, 0) is 10.2 Å². The van der Waals surface area contributed by atoms with Crippen LogP contribution in [-0.4, -0.2) is 79.8 Å². The van der Waals surface area contributed by atoms with E-state index in [0.717, 1.165) is 76.0 Å². The highest BCUT2D eigenvalue weighted by molar-refractivity contribution is 6.29. The Balaban J connectivity index is 0.000000164. The van der Waals surface area contributed by atoms with E-state index in [0.29, 0.717) is 12.2 Å². The molecular weight excluding hydrogens is 932 g/mol. The number of aromatic amines is 1. The highest BCUT2D eigenvalue weighted by Gasteiger charge is 2.61. The van der Waals surface area contributed by atoms with Gasteiger partial charge >= 0.3 is 0 Å². The normalized spacial score (nSPS) is 19.3. The monoisotopic (exact) mass is 980 g/mol. The second-order valence-corrected chi connectivity index (χ2v) is 17.5. The van der Waals surface area contributed by atoms with Crippen LogP contribution in [0.3, 0.4) is 0 Å². The van der Waals surface area contributed by atoms with Crippen molar-refractivity contribution in [3.63, 3.8) is 0 Å². The van der Waals surface area contributed by atoms with Crippen molar-refractivity contribution in [2.24, 2.45) is 5.73 Å². The molecule has 2 amide bonds. The van der Waals surface area contributed by atoms with Gasteiger partial charge in [0.1, 0.15) is 22.0 Å². The van der Waals surface area contributed by atoms with Crippen LogP contribution in [0.5, 0.6) is 23.3 Å². The van der Waals surface area contributed by atoms with Gasteiger partial charge in [0.25, 0.3) is 11.8 Å². The second-order valence-electron chi connectivity index (χ2n) is 16.8. The predicted molar refractivity (Wildman–Crippen MR) is 245 cm³/mol. The van der Waals surface area contributed by atoms with Crippen molar-refractivity contribution < 1.29 is 46.4 Å². The first-order chi connectivity index (χ1) is 32.6. The summed E-state index contributed by atoms with van der Waals surface area (Å²) in [5.74, 6) is -2.36. The number of amides is 2. The number of carbonyl (C=O) groups is 2. The quantitative estimate of drug-likeness (QED) is 0.110. The van der Waals surface area contributed by atoms with Crippen LogP contribution in [0.2, 0.25) is 10.3 Å². The fraction of sp³-hybridized carbons (Fsp3) is 0.383. The van der Waals surface area contributed by atoms with Gasteiger partial charge in [-0.15, -0.1) is 0 Å². The molecule has 0 radical (unpaired) electrons. The lowest BCUT2D eigenvalue weighted by Crippen LogP contribution is -2.45. The van der Waals surface area contributed by atoms with Crippen LogP contribution in [0.25, 0.3) is 5.65 Å². The zero-order chi connectivity index (χ0) is 48.6. The van der Waals surface area contributed by atoms with Gasteiger partial charge < -0.3 is 44.1 Å². The molecule has 16 nitrogen and oxygen atoms in total. The molecule has 5 fully saturated rings. The highest BCUT2D eigenvalue weighted by Crippen LogP contribution is 2.58. The number of hydrogen-bond acceptors (Lipinski definition) is 12. The van der Waals surface area contributed by atoms with Gasteiger partial charge in [0.15, 0.2) is 22.3 Å². The van der Waals surface area contributed by atoms with Crippen molar-refractivity contribution in [2.75, 3.05) is 26.1 Å². The van der Waals surface area contributed by atoms with Crippen molar-refractivity contribution in [1.29, 1.82) is 0 Å². The molecule has 3 saturated carbocycles. The molecule has 0 atom stereocenters. The Bertz CT molecular complexity index is 2810. The third-order valence-electron chi connectivity index (χ3n) is 11.8. The summed E-state index contributed by atoms with van der Waals surface area (Å²) in [6.45, 7) is 2.69. The molecule has 5 aliphatic rings. The third-order valence-corrected chi connectivity index (χ3v) is 12.4. The lowest BCUT2D eigenvalue weighted by Gasteiger charge is -2.41. The largest absolute Gasteiger partial charge is 0.487 e. The number of fused-ring (bicyclic) bond motifs is 2. The molecule has 2 saturated heterocycles. The van der Waals surface area contributed by atoms with Gasteiger partial charge in [-0.05, 0) is 95.4 Å². The standard InChI is InChI=1S/C25H27FN4O4.C10H11ClFNO.C7H8N2O2.C5H3ClFNO/c1-24-12-25(13-24,14-33-24)18-11-30-10-17(28-22(31)16-8-5-9-27-23(16)32-2)20(19(26)21(30)29-18)34-15-6-3-4-7-15;11-10-9(12)8(5-6-13-10)14-7-3-1-2-4-7;1-11-7-5(6(8)10)3-2-4-9-7;6-5-4(7)3(9)1-2-8-5/h5,8-11,15H,3-4,6-7,12-14H2,1-2H3,(H,28,31);5-7H,1-4H2;2-4H,1H3,(H2,8,10);1-2H,(H,8,9). The minimum Gasteiger partial charge on any atom is -0.487 e. The summed E-state index contributed by atoms with van der Waals surface area (Å²) in [7, 11) is 2.89. The predicted octanol–water partition coefficient (Wildman–Crippen LogP) is 8.82. The van der Waals surface area contributed by atoms with Gasteiger partial charge in [-0.1, -0.05) is 23.2 Å². The zero-order valence-corrected chi connectivity index (χ0v) is 38.8. The number of ether oxygens (including phenoxy) is 5. The first kappa shape index (κ1) is 49.5. The van der Waals surface area contributed by atoms with Gasteiger partial charge in [0.05, 0.1) is 44.3 Å². The van der Waals surface area contributed by atoms with E-state index in [9.17, 15) is 23.2 Å². The summed E-state index contributed by atoms with van der Waals surface area (Å²) in [6, 6.07) is 9.03. The first-order valence-electron chi connectivity index (χ1n) is 21.7. The molecule has 11 rings (SSSR count).